The van der Waals surface area contributed by atoms with Gasteiger partial charge >= 0.3 is 0 Å². The number of carbonyl (C=O) groups excluding carboxylic acids is 1. The summed E-state index contributed by atoms with van der Waals surface area (Å²) in [6.45, 7) is 6.21. The molecule has 0 aliphatic heterocycles. The Kier molecular flexibility index (Phi) is 4.37. The van der Waals surface area contributed by atoms with Crippen LogP contribution in [0, 0.1) is 20.8 Å². The van der Waals surface area contributed by atoms with Crippen molar-refractivity contribution in [2.24, 2.45) is 0 Å². The Bertz CT molecular complexity index is 909. The van der Waals surface area contributed by atoms with Crippen LogP contribution in [-0.2, 0) is 11.3 Å². The SMILES string of the molecule is Cc1ccc(/C=C/C(=O)NCc2nnc3nc(C)cc(C)n23)cc1. The minimum Gasteiger partial charge on any atom is -0.345 e. The Hall–Kier alpha value is -3.02. The largest absolute Gasteiger partial charge is 0.345 e. The van der Waals surface area contributed by atoms with Crippen LogP contribution in [0.15, 0.2) is 36.4 Å². The fraction of sp³-hybridized carbons (Fsp3) is 0.222. The molecule has 6 heteroatoms. The molecular weight excluding hydrogens is 302 g/mol. The lowest BCUT2D eigenvalue weighted by atomic mass is 10.1. The molecule has 3 aromatic rings. The summed E-state index contributed by atoms with van der Waals surface area (Å²) in [5.41, 5.74) is 4.06. The molecule has 1 N–H and O–H groups in total. The van der Waals surface area contributed by atoms with Gasteiger partial charge in [0.25, 0.3) is 5.78 Å². The number of hydrogen-bond acceptors (Lipinski definition) is 4. The molecule has 1 amide bonds. The zero-order chi connectivity index (χ0) is 17.1. The first-order chi connectivity index (χ1) is 11.5. The van der Waals surface area contributed by atoms with E-state index in [0.29, 0.717) is 18.1 Å². The predicted molar refractivity (Wildman–Crippen MR) is 92.3 cm³/mol. The number of carbonyl (C=O) groups is 1. The lowest BCUT2D eigenvalue weighted by Crippen LogP contribution is -2.22. The van der Waals surface area contributed by atoms with Gasteiger partial charge in [0.05, 0.1) is 6.54 Å². The molecule has 0 spiro atoms. The highest BCUT2D eigenvalue weighted by molar-refractivity contribution is 5.91. The average Bonchev–Trinajstić information content (AvgIpc) is 2.95. The van der Waals surface area contributed by atoms with Crippen molar-refractivity contribution in [3.8, 4) is 0 Å². The molecular formula is C18H19N5O. The Balaban J connectivity index is 1.67. The second-order valence-corrected chi connectivity index (χ2v) is 5.75. The minimum atomic E-state index is -0.176. The summed E-state index contributed by atoms with van der Waals surface area (Å²) in [7, 11) is 0. The van der Waals surface area contributed by atoms with Crippen LogP contribution < -0.4 is 5.32 Å². The Labute approximate surface area is 140 Å². The Morgan fingerprint density at radius 1 is 1.17 bits per heavy atom. The molecule has 2 heterocycles. The molecule has 0 saturated carbocycles. The van der Waals surface area contributed by atoms with Gasteiger partial charge in [0.2, 0.25) is 5.91 Å². The van der Waals surface area contributed by atoms with Crippen LogP contribution >= 0.6 is 0 Å². The first-order valence-electron chi connectivity index (χ1n) is 7.74. The maximum Gasteiger partial charge on any atom is 0.255 e. The normalized spacial score (nSPS) is 11.3. The Morgan fingerprint density at radius 2 is 1.92 bits per heavy atom. The van der Waals surface area contributed by atoms with Crippen molar-refractivity contribution in [1.82, 2.24) is 24.9 Å². The van der Waals surface area contributed by atoms with Gasteiger partial charge in [0.1, 0.15) is 0 Å². The average molecular weight is 321 g/mol. The first kappa shape index (κ1) is 15.9. The van der Waals surface area contributed by atoms with Crippen molar-refractivity contribution in [1.29, 1.82) is 0 Å². The molecule has 0 atom stereocenters. The number of aromatic nitrogens is 4. The molecule has 24 heavy (non-hydrogen) atoms. The molecule has 0 unspecified atom stereocenters. The van der Waals surface area contributed by atoms with E-state index < -0.39 is 0 Å². The van der Waals surface area contributed by atoms with Crippen LogP contribution in [-0.4, -0.2) is 25.5 Å². The van der Waals surface area contributed by atoms with Crippen molar-refractivity contribution in [3.63, 3.8) is 0 Å². The Morgan fingerprint density at radius 3 is 2.67 bits per heavy atom. The van der Waals surface area contributed by atoms with Gasteiger partial charge in [-0.25, -0.2) is 4.98 Å². The van der Waals surface area contributed by atoms with E-state index in [0.717, 1.165) is 17.0 Å². The predicted octanol–water partition coefficient (Wildman–Crippen LogP) is 2.38. The molecule has 1 aromatic carbocycles. The van der Waals surface area contributed by atoms with Crippen LogP contribution in [0.1, 0.15) is 28.3 Å². The van der Waals surface area contributed by atoms with Crippen LogP contribution in [0.2, 0.25) is 0 Å². The first-order valence-corrected chi connectivity index (χ1v) is 7.74. The van der Waals surface area contributed by atoms with Gasteiger partial charge in [-0.15, -0.1) is 10.2 Å². The zero-order valence-corrected chi connectivity index (χ0v) is 13.9. The quantitative estimate of drug-likeness (QED) is 0.749. The highest BCUT2D eigenvalue weighted by Crippen LogP contribution is 2.08. The van der Waals surface area contributed by atoms with E-state index in [1.165, 1.54) is 11.6 Å². The molecule has 2 aromatic heterocycles. The molecule has 6 nitrogen and oxygen atoms in total. The lowest BCUT2D eigenvalue weighted by Gasteiger charge is -2.04. The van der Waals surface area contributed by atoms with Gasteiger partial charge in [-0.1, -0.05) is 29.8 Å². The number of hydrogen-bond donors (Lipinski definition) is 1. The number of amides is 1. The van der Waals surface area contributed by atoms with Crippen LogP contribution in [0.5, 0.6) is 0 Å². The van der Waals surface area contributed by atoms with E-state index in [-0.39, 0.29) is 5.91 Å². The minimum absolute atomic E-state index is 0.176. The molecule has 3 rings (SSSR count). The molecule has 0 aliphatic carbocycles. The second-order valence-electron chi connectivity index (χ2n) is 5.75. The second kappa shape index (κ2) is 6.62. The van der Waals surface area contributed by atoms with E-state index in [4.69, 9.17) is 0 Å². The van der Waals surface area contributed by atoms with E-state index >= 15 is 0 Å². The van der Waals surface area contributed by atoms with Gasteiger partial charge in [0, 0.05) is 17.5 Å². The highest BCUT2D eigenvalue weighted by Gasteiger charge is 2.09. The number of rotatable bonds is 4. The number of nitrogens with one attached hydrogen (secondary N) is 1. The maximum atomic E-state index is 12.0. The summed E-state index contributed by atoms with van der Waals surface area (Å²) >= 11 is 0. The van der Waals surface area contributed by atoms with E-state index in [9.17, 15) is 4.79 Å². The van der Waals surface area contributed by atoms with Crippen molar-refractivity contribution in [2.75, 3.05) is 0 Å². The van der Waals surface area contributed by atoms with Crippen LogP contribution in [0.25, 0.3) is 11.9 Å². The zero-order valence-electron chi connectivity index (χ0n) is 13.9. The molecule has 0 saturated heterocycles. The number of benzene rings is 1. The fourth-order valence-corrected chi connectivity index (χ4v) is 2.49. The third kappa shape index (κ3) is 3.48. The highest BCUT2D eigenvalue weighted by atomic mass is 16.1. The van der Waals surface area contributed by atoms with E-state index in [1.807, 2.05) is 55.5 Å². The van der Waals surface area contributed by atoms with Gasteiger partial charge in [0.15, 0.2) is 5.82 Å². The molecule has 0 aliphatic rings. The van der Waals surface area contributed by atoms with Crippen molar-refractivity contribution >= 4 is 17.8 Å². The van der Waals surface area contributed by atoms with Crippen molar-refractivity contribution in [2.45, 2.75) is 27.3 Å². The summed E-state index contributed by atoms with van der Waals surface area (Å²) in [5, 5.41) is 11.0. The molecule has 122 valence electrons. The van der Waals surface area contributed by atoms with E-state index in [2.05, 4.69) is 20.5 Å². The molecule has 0 radical (unpaired) electrons. The van der Waals surface area contributed by atoms with Crippen molar-refractivity contribution in [3.05, 3.63) is 64.7 Å². The summed E-state index contributed by atoms with van der Waals surface area (Å²) < 4.78 is 1.84. The molecule has 0 bridgehead atoms. The maximum absolute atomic E-state index is 12.0. The number of nitrogens with zero attached hydrogens (tertiary/aromatic N) is 4. The third-order valence-electron chi connectivity index (χ3n) is 3.69. The van der Waals surface area contributed by atoms with Gasteiger partial charge in [-0.3, -0.25) is 9.20 Å². The summed E-state index contributed by atoms with van der Waals surface area (Å²) in [5.74, 6) is 1.03. The van der Waals surface area contributed by atoms with Gasteiger partial charge < -0.3 is 5.32 Å². The monoisotopic (exact) mass is 321 g/mol. The van der Waals surface area contributed by atoms with E-state index in [1.54, 1.807) is 6.08 Å². The summed E-state index contributed by atoms with van der Waals surface area (Å²) in [4.78, 5) is 16.3. The number of fused-ring (bicyclic) bond motifs is 1. The van der Waals surface area contributed by atoms with Gasteiger partial charge in [-0.2, -0.15) is 0 Å². The fourth-order valence-electron chi connectivity index (χ4n) is 2.49. The number of aryl methyl sites for hydroxylation is 3. The third-order valence-corrected chi connectivity index (χ3v) is 3.69. The van der Waals surface area contributed by atoms with Gasteiger partial charge in [-0.05, 0) is 38.5 Å². The van der Waals surface area contributed by atoms with Crippen LogP contribution in [0.4, 0.5) is 0 Å². The standard InChI is InChI=1S/C18H19N5O/c1-12-4-6-15(7-5-12)8-9-17(24)19-11-16-21-22-18-20-13(2)10-14(3)23(16)18/h4-10H,11H2,1-3H3,(H,19,24)/b9-8+. The van der Waals surface area contributed by atoms with Crippen molar-refractivity contribution < 1.29 is 4.79 Å². The smallest absolute Gasteiger partial charge is 0.255 e. The lowest BCUT2D eigenvalue weighted by molar-refractivity contribution is -0.116. The summed E-state index contributed by atoms with van der Waals surface area (Å²) in [6.07, 6.45) is 3.30. The topological polar surface area (TPSA) is 72.2 Å². The molecule has 0 fully saturated rings. The van der Waals surface area contributed by atoms with Crippen LogP contribution in [0.3, 0.4) is 0 Å². The summed E-state index contributed by atoms with van der Waals surface area (Å²) in [6, 6.07) is 9.93.